The Labute approximate surface area is 126 Å². The maximum Gasteiger partial charge on any atom is 0.263 e. The smallest absolute Gasteiger partial charge is 0.263 e. The second-order valence-electron chi connectivity index (χ2n) is 5.29. The predicted molar refractivity (Wildman–Crippen MR) is 81.8 cm³/mol. The lowest BCUT2D eigenvalue weighted by Gasteiger charge is -2.34. The zero-order valence-electron chi connectivity index (χ0n) is 13.0. The highest BCUT2D eigenvalue weighted by Gasteiger charge is 2.27. The summed E-state index contributed by atoms with van der Waals surface area (Å²) in [7, 11) is 3.68. The molecule has 21 heavy (non-hydrogen) atoms. The van der Waals surface area contributed by atoms with Gasteiger partial charge in [-0.3, -0.25) is 4.79 Å². The van der Waals surface area contributed by atoms with Gasteiger partial charge in [-0.15, -0.1) is 0 Å². The Bertz CT molecular complexity index is 470. The number of benzene rings is 1. The van der Waals surface area contributed by atoms with Crippen molar-refractivity contribution in [3.05, 3.63) is 24.3 Å². The molecule has 5 heteroatoms. The number of hydrogen-bond acceptors (Lipinski definition) is 4. The first-order valence-corrected chi connectivity index (χ1v) is 7.42. The zero-order chi connectivity index (χ0) is 15.2. The molecule has 1 amide bonds. The minimum Gasteiger partial charge on any atom is -0.493 e. The number of likely N-dealkylation sites (N-methyl/N-ethyl adjacent to an activating group) is 1. The minimum absolute atomic E-state index is 0.0662. The van der Waals surface area contributed by atoms with E-state index in [0.29, 0.717) is 17.9 Å². The fraction of sp³-hybridized carbons (Fsp3) is 0.562. The van der Waals surface area contributed by atoms with Crippen molar-refractivity contribution in [1.82, 2.24) is 9.80 Å². The highest BCUT2D eigenvalue weighted by Crippen LogP contribution is 2.27. The maximum absolute atomic E-state index is 12.6. The van der Waals surface area contributed by atoms with E-state index in [2.05, 4.69) is 11.9 Å². The van der Waals surface area contributed by atoms with E-state index in [-0.39, 0.29) is 5.91 Å². The van der Waals surface area contributed by atoms with Crippen LogP contribution in [0.5, 0.6) is 11.5 Å². The average Bonchev–Trinajstić information content (AvgIpc) is 2.53. The first-order valence-electron chi connectivity index (χ1n) is 7.42. The van der Waals surface area contributed by atoms with Gasteiger partial charge in [0.1, 0.15) is 0 Å². The molecule has 1 unspecified atom stereocenters. The molecule has 1 fully saturated rings. The van der Waals surface area contributed by atoms with Crippen LogP contribution in [0.15, 0.2) is 24.3 Å². The van der Waals surface area contributed by atoms with Gasteiger partial charge in [0.15, 0.2) is 17.6 Å². The molecule has 1 saturated heterocycles. The zero-order valence-corrected chi connectivity index (χ0v) is 13.0. The largest absolute Gasteiger partial charge is 0.493 e. The van der Waals surface area contributed by atoms with Crippen LogP contribution in [0.1, 0.15) is 13.3 Å². The standard InChI is InChI=1S/C16H24N2O3/c1-4-13(16(19)18-11-9-17(2)10-12-18)21-15-8-6-5-7-14(15)20-3/h5-8,13H,4,9-12H2,1-3H3. The number of hydrogen-bond donors (Lipinski definition) is 0. The van der Waals surface area contributed by atoms with Gasteiger partial charge in [-0.2, -0.15) is 0 Å². The van der Waals surface area contributed by atoms with Crippen molar-refractivity contribution < 1.29 is 14.3 Å². The van der Waals surface area contributed by atoms with Crippen molar-refractivity contribution in [2.45, 2.75) is 19.4 Å². The second-order valence-corrected chi connectivity index (χ2v) is 5.29. The van der Waals surface area contributed by atoms with Crippen LogP contribution >= 0.6 is 0 Å². The Kier molecular flexibility index (Phi) is 5.44. The molecule has 116 valence electrons. The Hall–Kier alpha value is -1.75. The summed E-state index contributed by atoms with van der Waals surface area (Å²) in [6, 6.07) is 7.43. The quantitative estimate of drug-likeness (QED) is 0.827. The molecule has 5 nitrogen and oxygen atoms in total. The molecule has 1 heterocycles. The van der Waals surface area contributed by atoms with Gasteiger partial charge >= 0.3 is 0 Å². The second kappa shape index (κ2) is 7.31. The summed E-state index contributed by atoms with van der Waals surface area (Å²) in [6.07, 6.45) is 0.188. The van der Waals surface area contributed by atoms with Crippen LogP contribution in [0.4, 0.5) is 0 Å². The molecular formula is C16H24N2O3. The number of rotatable bonds is 5. The lowest BCUT2D eigenvalue weighted by atomic mass is 10.2. The summed E-state index contributed by atoms with van der Waals surface area (Å²) in [5.41, 5.74) is 0. The first-order chi connectivity index (χ1) is 10.2. The number of ether oxygens (including phenoxy) is 2. The molecule has 0 radical (unpaired) electrons. The molecule has 0 N–H and O–H groups in total. The molecular weight excluding hydrogens is 268 g/mol. The Morgan fingerprint density at radius 2 is 1.81 bits per heavy atom. The van der Waals surface area contributed by atoms with Gasteiger partial charge in [0.05, 0.1) is 7.11 Å². The molecule has 0 saturated carbocycles. The molecule has 1 aliphatic heterocycles. The summed E-state index contributed by atoms with van der Waals surface area (Å²) in [4.78, 5) is 16.7. The van der Waals surface area contributed by atoms with Gasteiger partial charge in [-0.1, -0.05) is 19.1 Å². The van der Waals surface area contributed by atoms with Crippen LogP contribution in [-0.2, 0) is 4.79 Å². The van der Waals surface area contributed by atoms with Crippen LogP contribution in [0.3, 0.4) is 0 Å². The van der Waals surface area contributed by atoms with Crippen molar-refractivity contribution >= 4 is 5.91 Å². The van der Waals surface area contributed by atoms with Gasteiger partial charge < -0.3 is 19.3 Å². The van der Waals surface area contributed by atoms with E-state index in [1.54, 1.807) is 7.11 Å². The van der Waals surface area contributed by atoms with Crippen LogP contribution in [0, 0.1) is 0 Å². The van der Waals surface area contributed by atoms with E-state index >= 15 is 0 Å². The van der Waals surface area contributed by atoms with E-state index in [9.17, 15) is 4.79 Å². The van der Waals surface area contributed by atoms with Crippen LogP contribution in [-0.4, -0.2) is 62.1 Å². The number of carbonyl (C=O) groups excluding carboxylic acids is 1. The van der Waals surface area contributed by atoms with E-state index in [1.807, 2.05) is 36.1 Å². The monoisotopic (exact) mass is 292 g/mol. The molecule has 0 aliphatic carbocycles. The molecule has 1 atom stereocenters. The van der Waals surface area contributed by atoms with Gasteiger partial charge in [0, 0.05) is 26.2 Å². The van der Waals surface area contributed by atoms with Gasteiger partial charge in [-0.05, 0) is 25.6 Å². The van der Waals surface area contributed by atoms with E-state index < -0.39 is 6.10 Å². The predicted octanol–water partition coefficient (Wildman–Crippen LogP) is 1.63. The molecule has 0 aromatic heterocycles. The molecule has 1 aliphatic rings. The van der Waals surface area contributed by atoms with Crippen molar-refractivity contribution in [1.29, 1.82) is 0 Å². The van der Waals surface area contributed by atoms with Crippen molar-refractivity contribution in [2.75, 3.05) is 40.3 Å². The molecule has 2 rings (SSSR count). The Balaban J connectivity index is 2.03. The minimum atomic E-state index is -0.454. The number of nitrogens with zero attached hydrogens (tertiary/aromatic N) is 2. The van der Waals surface area contributed by atoms with Crippen LogP contribution in [0.2, 0.25) is 0 Å². The van der Waals surface area contributed by atoms with Crippen LogP contribution < -0.4 is 9.47 Å². The SMILES string of the molecule is CCC(Oc1ccccc1OC)C(=O)N1CCN(C)CC1. The molecule has 0 spiro atoms. The number of amides is 1. The van der Waals surface area contributed by atoms with Gasteiger partial charge in [-0.25, -0.2) is 0 Å². The molecule has 1 aromatic carbocycles. The fourth-order valence-corrected chi connectivity index (χ4v) is 2.41. The lowest BCUT2D eigenvalue weighted by molar-refractivity contribution is -0.140. The third kappa shape index (κ3) is 3.88. The Morgan fingerprint density at radius 3 is 2.38 bits per heavy atom. The first kappa shape index (κ1) is 15.6. The highest BCUT2D eigenvalue weighted by molar-refractivity contribution is 5.81. The number of methoxy groups -OCH3 is 1. The highest BCUT2D eigenvalue weighted by atomic mass is 16.5. The third-order valence-corrected chi connectivity index (χ3v) is 3.80. The summed E-state index contributed by atoms with van der Waals surface area (Å²) >= 11 is 0. The number of para-hydroxylation sites is 2. The lowest BCUT2D eigenvalue weighted by Crippen LogP contribution is -2.51. The van der Waals surface area contributed by atoms with Gasteiger partial charge in [0.25, 0.3) is 5.91 Å². The van der Waals surface area contributed by atoms with E-state index in [0.717, 1.165) is 26.2 Å². The van der Waals surface area contributed by atoms with E-state index in [4.69, 9.17) is 9.47 Å². The topological polar surface area (TPSA) is 42.0 Å². The fourth-order valence-electron chi connectivity index (χ4n) is 2.41. The molecule has 1 aromatic rings. The third-order valence-electron chi connectivity index (χ3n) is 3.80. The van der Waals surface area contributed by atoms with E-state index in [1.165, 1.54) is 0 Å². The van der Waals surface area contributed by atoms with Crippen molar-refractivity contribution in [3.63, 3.8) is 0 Å². The van der Waals surface area contributed by atoms with Crippen molar-refractivity contribution in [3.8, 4) is 11.5 Å². The summed E-state index contributed by atoms with van der Waals surface area (Å²) in [5, 5.41) is 0. The normalized spacial score (nSPS) is 17.4. The van der Waals surface area contributed by atoms with Crippen LogP contribution in [0.25, 0.3) is 0 Å². The average molecular weight is 292 g/mol. The summed E-state index contributed by atoms with van der Waals surface area (Å²) < 4.78 is 11.2. The maximum atomic E-state index is 12.6. The number of carbonyl (C=O) groups is 1. The summed E-state index contributed by atoms with van der Waals surface area (Å²) in [5.74, 6) is 1.34. The molecule has 0 bridgehead atoms. The Morgan fingerprint density at radius 1 is 1.19 bits per heavy atom. The van der Waals surface area contributed by atoms with Crippen molar-refractivity contribution in [2.24, 2.45) is 0 Å². The number of piperazine rings is 1. The summed E-state index contributed by atoms with van der Waals surface area (Å²) in [6.45, 7) is 5.32. The van der Waals surface area contributed by atoms with Gasteiger partial charge in [0.2, 0.25) is 0 Å².